The van der Waals surface area contributed by atoms with Crippen molar-refractivity contribution in [1.29, 1.82) is 0 Å². The van der Waals surface area contributed by atoms with Crippen LogP contribution in [0, 0.1) is 0 Å². The highest BCUT2D eigenvalue weighted by atomic mass is 16.6. The normalized spacial score (nSPS) is 13.9. The van der Waals surface area contributed by atoms with Gasteiger partial charge in [-0.25, -0.2) is 0 Å². The summed E-state index contributed by atoms with van der Waals surface area (Å²) in [5.41, 5.74) is 0. The predicted molar refractivity (Wildman–Crippen MR) is 217 cm³/mol. The van der Waals surface area contributed by atoms with E-state index in [1.54, 1.807) is 27.2 Å². The summed E-state index contributed by atoms with van der Waals surface area (Å²) in [5.74, 6) is -1.92. The number of hydrogen-bond acceptors (Lipinski definition) is 7. The molecule has 8 heteroatoms. The van der Waals surface area contributed by atoms with Gasteiger partial charge in [-0.1, -0.05) is 131 Å². The molecule has 0 N–H and O–H groups in total. The number of carboxylic acid groups (broad SMARTS) is 1. The highest BCUT2D eigenvalue weighted by Crippen LogP contribution is 2.12. The second kappa shape index (κ2) is 35.5. The third-order valence-corrected chi connectivity index (χ3v) is 8.31. The first-order valence-electron chi connectivity index (χ1n) is 20.1. The summed E-state index contributed by atoms with van der Waals surface area (Å²) >= 11 is 0. The lowest BCUT2D eigenvalue weighted by molar-refractivity contribution is -0.889. The van der Waals surface area contributed by atoms with E-state index < -0.39 is 24.1 Å². The van der Waals surface area contributed by atoms with Crippen molar-refractivity contribution in [2.24, 2.45) is 0 Å². The van der Waals surface area contributed by atoms with Crippen molar-refractivity contribution in [1.82, 2.24) is 0 Å². The van der Waals surface area contributed by atoms with Gasteiger partial charge in [-0.15, -0.1) is 0 Å². The third-order valence-electron chi connectivity index (χ3n) is 8.31. The maximum atomic E-state index is 12.7. The lowest BCUT2D eigenvalue weighted by Crippen LogP contribution is -2.55. The van der Waals surface area contributed by atoms with Crippen molar-refractivity contribution in [2.45, 2.75) is 142 Å². The van der Waals surface area contributed by atoms with Crippen LogP contribution < -0.4 is 5.11 Å². The van der Waals surface area contributed by atoms with Gasteiger partial charge in [-0.2, -0.15) is 0 Å². The van der Waals surface area contributed by atoms with E-state index in [1.807, 2.05) is 12.2 Å². The number of ether oxygens (including phenoxy) is 3. The van der Waals surface area contributed by atoms with Crippen LogP contribution in [0.1, 0.15) is 129 Å². The fourth-order valence-electron chi connectivity index (χ4n) is 5.24. The molecular weight excluding hydrogens is 666 g/mol. The monoisotopic (exact) mass is 740 g/mol. The van der Waals surface area contributed by atoms with E-state index >= 15 is 0 Å². The van der Waals surface area contributed by atoms with Crippen LogP contribution in [0.15, 0.2) is 85.1 Å². The summed E-state index contributed by atoms with van der Waals surface area (Å²) in [7, 11) is 5.36. The zero-order chi connectivity index (χ0) is 39.3. The second-order valence-electron chi connectivity index (χ2n) is 14.1. The minimum absolute atomic E-state index is 0.00392. The Morgan fingerprint density at radius 3 is 1.57 bits per heavy atom. The SMILES string of the molecule is CC/C=C/C/C=C/C/C=C/C/C=C/CCCCCCCCCC(=O)OC(COCCC(C(=O)[O-])[N+](C)(C)C)COC(=O)C/C=C/C/C=C/C/C=C/CC. The fourth-order valence-corrected chi connectivity index (χ4v) is 5.24. The van der Waals surface area contributed by atoms with Crippen molar-refractivity contribution >= 4 is 17.9 Å². The number of likely N-dealkylation sites (N-methyl/N-ethyl adjacent to an activating group) is 1. The Morgan fingerprint density at radius 2 is 1.06 bits per heavy atom. The molecule has 53 heavy (non-hydrogen) atoms. The van der Waals surface area contributed by atoms with Gasteiger partial charge in [0.2, 0.25) is 0 Å². The molecule has 0 aromatic heterocycles. The molecule has 0 bridgehead atoms. The largest absolute Gasteiger partial charge is 0.544 e. The van der Waals surface area contributed by atoms with Crippen LogP contribution in [-0.2, 0) is 28.6 Å². The third kappa shape index (κ3) is 34.1. The van der Waals surface area contributed by atoms with Gasteiger partial charge >= 0.3 is 11.9 Å². The van der Waals surface area contributed by atoms with Gasteiger partial charge in [-0.05, 0) is 64.2 Å². The van der Waals surface area contributed by atoms with Crippen LogP contribution in [0.5, 0.6) is 0 Å². The van der Waals surface area contributed by atoms with E-state index in [4.69, 9.17) is 14.2 Å². The van der Waals surface area contributed by atoms with E-state index in [2.05, 4.69) is 80.7 Å². The highest BCUT2D eigenvalue weighted by Gasteiger charge is 2.25. The molecular formula is C45H73NO7. The van der Waals surface area contributed by atoms with Crippen LogP contribution in [0.3, 0.4) is 0 Å². The lowest BCUT2D eigenvalue weighted by atomic mass is 10.1. The number of unbranched alkanes of at least 4 members (excludes halogenated alkanes) is 7. The van der Waals surface area contributed by atoms with Gasteiger partial charge < -0.3 is 28.6 Å². The first-order chi connectivity index (χ1) is 25.6. The van der Waals surface area contributed by atoms with Gasteiger partial charge in [0.25, 0.3) is 0 Å². The van der Waals surface area contributed by atoms with E-state index in [1.165, 1.54) is 19.3 Å². The minimum Gasteiger partial charge on any atom is -0.544 e. The molecule has 0 aromatic carbocycles. The van der Waals surface area contributed by atoms with Crippen LogP contribution in [-0.4, -0.2) is 75.5 Å². The van der Waals surface area contributed by atoms with Crippen LogP contribution >= 0.6 is 0 Å². The number of esters is 2. The molecule has 2 unspecified atom stereocenters. The lowest BCUT2D eigenvalue weighted by Gasteiger charge is -2.34. The molecule has 8 nitrogen and oxygen atoms in total. The van der Waals surface area contributed by atoms with Crippen molar-refractivity contribution in [3.05, 3.63) is 85.1 Å². The van der Waals surface area contributed by atoms with Crippen molar-refractivity contribution in [3.63, 3.8) is 0 Å². The van der Waals surface area contributed by atoms with Crippen molar-refractivity contribution in [3.8, 4) is 0 Å². The van der Waals surface area contributed by atoms with Gasteiger partial charge in [-0.3, -0.25) is 9.59 Å². The standard InChI is InChI=1S/C45H73NO7/c1-6-8-10-12-14-16-17-18-19-20-21-22-23-24-25-26-28-30-32-34-36-44(48)53-41(39-51-38-37-42(45(49)50)46(3,4)5)40-52-43(47)35-33-31-29-27-15-13-11-9-7-2/h8-11,14-16,18-19,21-22,27,31,33,41-42H,6-7,12-13,17,20,23-26,28-30,32,34-40H2,1-5H3/b10-8+,11-9+,16-14+,19-18+,22-21+,27-15+,33-31+. The number of quaternary nitrogens is 1. The maximum absolute atomic E-state index is 12.7. The Labute approximate surface area is 323 Å². The summed E-state index contributed by atoms with van der Waals surface area (Å²) in [6, 6.07) is -0.742. The molecule has 2 atom stereocenters. The quantitative estimate of drug-likeness (QED) is 0.0281. The predicted octanol–water partition coefficient (Wildman–Crippen LogP) is 9.24. The average molecular weight is 740 g/mol. The van der Waals surface area contributed by atoms with Gasteiger partial charge in [0.1, 0.15) is 12.6 Å². The summed E-state index contributed by atoms with van der Waals surface area (Å²) in [6.07, 6.45) is 45.1. The molecule has 0 heterocycles. The summed E-state index contributed by atoms with van der Waals surface area (Å²) in [4.78, 5) is 36.6. The number of nitrogens with zero attached hydrogens (tertiary/aromatic N) is 1. The summed E-state index contributed by atoms with van der Waals surface area (Å²) < 4.78 is 16.9. The molecule has 0 aliphatic heterocycles. The van der Waals surface area contributed by atoms with Crippen LogP contribution in [0.25, 0.3) is 0 Å². The Morgan fingerprint density at radius 1 is 0.585 bits per heavy atom. The number of carbonyl (C=O) groups excluding carboxylic acids is 3. The smallest absolute Gasteiger partial charge is 0.309 e. The van der Waals surface area contributed by atoms with Gasteiger partial charge in [0.15, 0.2) is 6.10 Å². The Kier molecular flexibility index (Phi) is 33.2. The molecule has 0 aliphatic rings. The second-order valence-corrected chi connectivity index (χ2v) is 14.1. The molecule has 0 aliphatic carbocycles. The van der Waals surface area contributed by atoms with Gasteiger partial charge in [0.05, 0.1) is 46.7 Å². The van der Waals surface area contributed by atoms with E-state index in [-0.39, 0.29) is 49.5 Å². The molecule has 0 fully saturated rings. The molecule has 0 saturated heterocycles. The van der Waals surface area contributed by atoms with Crippen LogP contribution in [0.2, 0.25) is 0 Å². The molecule has 0 rings (SSSR count). The molecule has 300 valence electrons. The van der Waals surface area contributed by atoms with Gasteiger partial charge in [0, 0.05) is 12.8 Å². The summed E-state index contributed by atoms with van der Waals surface area (Å²) in [6.45, 7) is 4.27. The number of hydrogen-bond donors (Lipinski definition) is 0. The van der Waals surface area contributed by atoms with E-state index in [0.29, 0.717) is 0 Å². The van der Waals surface area contributed by atoms with Crippen molar-refractivity contribution in [2.75, 3.05) is 41.0 Å². The first-order valence-corrected chi connectivity index (χ1v) is 20.1. The topological polar surface area (TPSA) is 102 Å². The molecule has 0 aromatic rings. The molecule has 0 radical (unpaired) electrons. The maximum Gasteiger partial charge on any atom is 0.309 e. The minimum atomic E-state index is -1.14. The molecule has 0 spiro atoms. The molecule has 0 saturated carbocycles. The van der Waals surface area contributed by atoms with Crippen LogP contribution in [0.4, 0.5) is 0 Å². The van der Waals surface area contributed by atoms with E-state index in [9.17, 15) is 19.5 Å². The fraction of sp³-hybridized carbons (Fsp3) is 0.622. The number of aliphatic carboxylic acids is 1. The van der Waals surface area contributed by atoms with Crippen molar-refractivity contribution < 1.29 is 38.2 Å². The average Bonchev–Trinajstić information content (AvgIpc) is 3.11. The number of carboxylic acids is 1. The first kappa shape index (κ1) is 49.5. The zero-order valence-corrected chi connectivity index (χ0v) is 33.9. The number of allylic oxidation sites excluding steroid dienone is 13. The number of carbonyl (C=O) groups is 3. The van der Waals surface area contributed by atoms with E-state index in [0.717, 1.165) is 77.0 Å². The Bertz CT molecular complexity index is 1140. The number of rotatable bonds is 34. The Balaban J connectivity index is 4.42. The Hall–Kier alpha value is -3.49. The summed E-state index contributed by atoms with van der Waals surface area (Å²) in [5, 5.41) is 11.6. The molecule has 0 amide bonds. The zero-order valence-electron chi connectivity index (χ0n) is 33.9. The highest BCUT2D eigenvalue weighted by molar-refractivity contribution is 5.71.